The van der Waals surface area contributed by atoms with Crippen LogP contribution in [0.1, 0.15) is 23.0 Å². The number of carbonyl (C=O) groups is 1. The third-order valence-corrected chi connectivity index (χ3v) is 3.73. The summed E-state index contributed by atoms with van der Waals surface area (Å²) in [6, 6.07) is 18.8. The molecule has 0 aliphatic carbocycles. The van der Waals surface area contributed by atoms with Crippen LogP contribution in [0.3, 0.4) is 0 Å². The van der Waals surface area contributed by atoms with E-state index in [1.165, 1.54) is 5.56 Å². The number of nitrogens with one attached hydrogen (secondary N) is 2. The number of benzene rings is 2. The Balaban J connectivity index is 1.63. The van der Waals surface area contributed by atoms with Gasteiger partial charge in [-0.3, -0.25) is 4.79 Å². The fourth-order valence-corrected chi connectivity index (χ4v) is 2.49. The van der Waals surface area contributed by atoms with Crippen molar-refractivity contribution in [1.82, 2.24) is 4.98 Å². The molecule has 3 aromatic rings. The van der Waals surface area contributed by atoms with Crippen molar-refractivity contribution in [3.8, 4) is 5.75 Å². The van der Waals surface area contributed by atoms with Crippen molar-refractivity contribution in [2.75, 3.05) is 17.2 Å². The fourth-order valence-electron chi connectivity index (χ4n) is 2.49. The summed E-state index contributed by atoms with van der Waals surface area (Å²) in [6.07, 6.45) is 1.65. The number of aryl methyl sites for hydroxylation is 1. The van der Waals surface area contributed by atoms with Gasteiger partial charge in [-0.2, -0.15) is 0 Å². The molecule has 5 heteroatoms. The highest BCUT2D eigenvalue weighted by molar-refractivity contribution is 6.03. The van der Waals surface area contributed by atoms with E-state index in [1.54, 1.807) is 24.4 Å². The molecule has 2 N–H and O–H groups in total. The van der Waals surface area contributed by atoms with E-state index in [-0.39, 0.29) is 5.91 Å². The first-order chi connectivity index (χ1) is 12.6. The molecule has 5 nitrogen and oxygen atoms in total. The Morgan fingerprint density at radius 2 is 1.77 bits per heavy atom. The molecule has 1 aromatic heterocycles. The van der Waals surface area contributed by atoms with Gasteiger partial charge in [-0.25, -0.2) is 4.98 Å². The van der Waals surface area contributed by atoms with E-state index in [9.17, 15) is 4.79 Å². The molecule has 0 saturated carbocycles. The molecule has 26 heavy (non-hydrogen) atoms. The highest BCUT2D eigenvalue weighted by Crippen LogP contribution is 2.18. The molecule has 0 atom stereocenters. The van der Waals surface area contributed by atoms with Crippen molar-refractivity contribution >= 4 is 23.0 Å². The topological polar surface area (TPSA) is 63.2 Å². The molecule has 3 rings (SSSR count). The number of nitrogens with zero attached hydrogens (tertiary/aromatic N) is 1. The average Bonchev–Trinajstić information content (AvgIpc) is 2.64. The van der Waals surface area contributed by atoms with Crippen molar-refractivity contribution in [1.29, 1.82) is 0 Å². The molecule has 0 aliphatic heterocycles. The van der Waals surface area contributed by atoms with Gasteiger partial charge in [-0.1, -0.05) is 12.1 Å². The number of pyridine rings is 1. The maximum absolute atomic E-state index is 12.3. The van der Waals surface area contributed by atoms with E-state index in [2.05, 4.69) is 15.6 Å². The summed E-state index contributed by atoms with van der Waals surface area (Å²) < 4.78 is 5.39. The van der Waals surface area contributed by atoms with Crippen LogP contribution in [0.15, 0.2) is 66.9 Å². The first kappa shape index (κ1) is 17.5. The van der Waals surface area contributed by atoms with E-state index < -0.39 is 0 Å². The third-order valence-electron chi connectivity index (χ3n) is 3.73. The summed E-state index contributed by atoms with van der Waals surface area (Å²) in [5.41, 5.74) is 4.04. The Morgan fingerprint density at radius 1 is 1.00 bits per heavy atom. The lowest BCUT2D eigenvalue weighted by atomic mass is 10.2. The minimum absolute atomic E-state index is 0.253. The van der Waals surface area contributed by atoms with Crippen LogP contribution in [0.4, 0.5) is 17.1 Å². The van der Waals surface area contributed by atoms with Crippen LogP contribution in [-0.2, 0) is 0 Å². The van der Waals surface area contributed by atoms with Crippen molar-refractivity contribution in [3.63, 3.8) is 0 Å². The number of carbonyl (C=O) groups excluding carboxylic acids is 1. The molecule has 0 unspecified atom stereocenters. The van der Waals surface area contributed by atoms with Gasteiger partial charge in [0.15, 0.2) is 0 Å². The fraction of sp³-hybridized carbons (Fsp3) is 0.143. The lowest BCUT2D eigenvalue weighted by Gasteiger charge is -2.09. The second-order valence-electron chi connectivity index (χ2n) is 5.84. The minimum atomic E-state index is -0.253. The van der Waals surface area contributed by atoms with E-state index in [4.69, 9.17) is 4.74 Å². The molecule has 0 radical (unpaired) electrons. The zero-order chi connectivity index (χ0) is 18.4. The van der Waals surface area contributed by atoms with Crippen molar-refractivity contribution in [2.24, 2.45) is 0 Å². The monoisotopic (exact) mass is 347 g/mol. The SMILES string of the molecule is CCOc1ccc(NC(=O)c2ccc(Nc3cccc(C)c3)cn2)cc1. The van der Waals surface area contributed by atoms with Gasteiger partial charge in [0, 0.05) is 11.4 Å². The van der Waals surface area contributed by atoms with Crippen LogP contribution in [-0.4, -0.2) is 17.5 Å². The maximum atomic E-state index is 12.3. The summed E-state index contributed by atoms with van der Waals surface area (Å²) in [5, 5.41) is 6.10. The van der Waals surface area contributed by atoms with Crippen molar-refractivity contribution in [2.45, 2.75) is 13.8 Å². The molecular formula is C21H21N3O2. The molecular weight excluding hydrogens is 326 g/mol. The predicted molar refractivity (Wildman–Crippen MR) is 104 cm³/mol. The van der Waals surface area contributed by atoms with E-state index in [0.29, 0.717) is 18.0 Å². The Hall–Kier alpha value is -3.34. The second kappa shape index (κ2) is 8.16. The highest BCUT2D eigenvalue weighted by atomic mass is 16.5. The summed E-state index contributed by atoms with van der Waals surface area (Å²) in [6.45, 7) is 4.58. The van der Waals surface area contributed by atoms with E-state index in [1.807, 2.05) is 56.3 Å². The van der Waals surface area contributed by atoms with Gasteiger partial charge < -0.3 is 15.4 Å². The van der Waals surface area contributed by atoms with Crippen LogP contribution in [0.2, 0.25) is 0 Å². The zero-order valence-corrected chi connectivity index (χ0v) is 14.8. The van der Waals surface area contributed by atoms with Gasteiger partial charge in [-0.15, -0.1) is 0 Å². The molecule has 0 saturated heterocycles. The Kier molecular flexibility index (Phi) is 5.49. The average molecular weight is 347 g/mol. The largest absolute Gasteiger partial charge is 0.494 e. The van der Waals surface area contributed by atoms with Crippen LogP contribution in [0, 0.1) is 6.92 Å². The van der Waals surface area contributed by atoms with Crippen LogP contribution >= 0.6 is 0 Å². The van der Waals surface area contributed by atoms with Crippen LogP contribution in [0.5, 0.6) is 5.75 Å². The Bertz CT molecular complexity index is 875. The van der Waals surface area contributed by atoms with Gasteiger partial charge in [0.1, 0.15) is 11.4 Å². The van der Waals surface area contributed by atoms with Gasteiger partial charge in [0.2, 0.25) is 0 Å². The molecule has 1 heterocycles. The zero-order valence-electron chi connectivity index (χ0n) is 14.8. The summed E-state index contributed by atoms with van der Waals surface area (Å²) in [7, 11) is 0. The van der Waals surface area contributed by atoms with E-state index >= 15 is 0 Å². The molecule has 0 aliphatic rings. The number of anilines is 3. The van der Waals surface area contributed by atoms with E-state index in [0.717, 1.165) is 17.1 Å². The first-order valence-corrected chi connectivity index (χ1v) is 8.48. The standard InChI is InChI=1S/C21H21N3O2/c1-3-26-19-10-7-16(8-11-19)24-21(25)20-12-9-18(14-22-20)23-17-6-4-5-15(2)13-17/h4-14,23H,3H2,1-2H3,(H,24,25). The lowest BCUT2D eigenvalue weighted by molar-refractivity contribution is 0.102. The quantitative estimate of drug-likeness (QED) is 0.673. The normalized spacial score (nSPS) is 10.2. The van der Waals surface area contributed by atoms with Crippen LogP contribution in [0.25, 0.3) is 0 Å². The predicted octanol–water partition coefficient (Wildman–Crippen LogP) is 4.78. The number of hydrogen-bond donors (Lipinski definition) is 2. The second-order valence-corrected chi connectivity index (χ2v) is 5.84. The van der Waals surface area contributed by atoms with Gasteiger partial charge in [0.25, 0.3) is 5.91 Å². The van der Waals surface area contributed by atoms with Crippen molar-refractivity contribution in [3.05, 3.63) is 78.1 Å². The summed E-state index contributed by atoms with van der Waals surface area (Å²) in [5.74, 6) is 0.520. The number of aromatic nitrogens is 1. The van der Waals surface area contributed by atoms with Crippen LogP contribution < -0.4 is 15.4 Å². The summed E-state index contributed by atoms with van der Waals surface area (Å²) >= 11 is 0. The van der Waals surface area contributed by atoms with Gasteiger partial charge in [-0.05, 0) is 67.9 Å². The summed E-state index contributed by atoms with van der Waals surface area (Å²) in [4.78, 5) is 16.6. The number of amides is 1. The Labute approximate surface area is 153 Å². The number of ether oxygens (including phenoxy) is 1. The Morgan fingerprint density at radius 3 is 2.42 bits per heavy atom. The number of hydrogen-bond acceptors (Lipinski definition) is 4. The third kappa shape index (κ3) is 4.60. The molecule has 0 fully saturated rings. The lowest BCUT2D eigenvalue weighted by Crippen LogP contribution is -2.13. The highest BCUT2D eigenvalue weighted by Gasteiger charge is 2.08. The maximum Gasteiger partial charge on any atom is 0.274 e. The first-order valence-electron chi connectivity index (χ1n) is 8.48. The minimum Gasteiger partial charge on any atom is -0.494 e. The molecule has 2 aromatic carbocycles. The van der Waals surface area contributed by atoms with Gasteiger partial charge in [0.05, 0.1) is 18.5 Å². The number of rotatable bonds is 6. The molecule has 1 amide bonds. The molecule has 0 bridgehead atoms. The van der Waals surface area contributed by atoms with Gasteiger partial charge >= 0.3 is 0 Å². The molecule has 0 spiro atoms. The van der Waals surface area contributed by atoms with Crippen molar-refractivity contribution < 1.29 is 9.53 Å². The molecule has 132 valence electrons. The smallest absolute Gasteiger partial charge is 0.274 e.